The van der Waals surface area contributed by atoms with E-state index in [4.69, 9.17) is 23.2 Å². The third-order valence-corrected chi connectivity index (χ3v) is 6.03. The first-order valence-electron chi connectivity index (χ1n) is 8.62. The largest absolute Gasteiger partial charge is 0.368 e. The second-order valence-electron chi connectivity index (χ2n) is 6.32. The Morgan fingerprint density at radius 2 is 1.63 bits per heavy atom. The van der Waals surface area contributed by atoms with E-state index in [-0.39, 0.29) is 5.91 Å². The van der Waals surface area contributed by atoms with Gasteiger partial charge >= 0.3 is 0 Å². The average Bonchev–Trinajstić information content (AvgIpc) is 3.04. The number of piperazine rings is 1. The molecule has 27 heavy (non-hydrogen) atoms. The number of carbonyl (C=O) groups excluding carboxylic acids is 1. The minimum atomic E-state index is -0.178. The van der Waals surface area contributed by atoms with Gasteiger partial charge in [0.2, 0.25) is 0 Å². The standard InChI is InChI=1S/C20H17Cl2N3OS/c21-15-6-4-14(5-7-15)12-18-19(26)23-20(27-18)25-10-8-24(9-11-25)17-3-1-2-16(22)13-17/h1-7,12-13H,8-11H2/b18-12+. The van der Waals surface area contributed by atoms with E-state index in [0.717, 1.165) is 47.6 Å². The maximum atomic E-state index is 12.3. The molecule has 0 aliphatic carbocycles. The lowest BCUT2D eigenvalue weighted by atomic mass is 10.2. The normalized spacial score (nSPS) is 19.0. The summed E-state index contributed by atoms with van der Waals surface area (Å²) in [6, 6.07) is 15.3. The van der Waals surface area contributed by atoms with E-state index in [1.165, 1.54) is 11.8 Å². The lowest BCUT2D eigenvalue weighted by Crippen LogP contribution is -2.47. The van der Waals surface area contributed by atoms with Gasteiger partial charge in [0.15, 0.2) is 5.17 Å². The van der Waals surface area contributed by atoms with Crippen LogP contribution in [0.15, 0.2) is 58.4 Å². The number of aliphatic imine (C=N–C) groups is 1. The molecule has 4 nitrogen and oxygen atoms in total. The minimum Gasteiger partial charge on any atom is -0.368 e. The number of benzene rings is 2. The molecule has 2 heterocycles. The SMILES string of the molecule is O=C1N=C(N2CCN(c3cccc(Cl)c3)CC2)S/C1=C/c1ccc(Cl)cc1. The Labute approximate surface area is 172 Å². The highest BCUT2D eigenvalue weighted by Gasteiger charge is 2.28. The summed E-state index contributed by atoms with van der Waals surface area (Å²) in [5, 5.41) is 2.20. The fraction of sp³-hybridized carbons (Fsp3) is 0.200. The van der Waals surface area contributed by atoms with Crippen molar-refractivity contribution in [3.05, 3.63) is 69.0 Å². The molecule has 0 spiro atoms. The van der Waals surface area contributed by atoms with Crippen molar-refractivity contribution < 1.29 is 4.79 Å². The number of carbonyl (C=O) groups is 1. The summed E-state index contributed by atoms with van der Waals surface area (Å²) in [7, 11) is 0. The third kappa shape index (κ3) is 4.32. The number of thioether (sulfide) groups is 1. The van der Waals surface area contributed by atoms with Crippen molar-refractivity contribution in [2.24, 2.45) is 4.99 Å². The molecule has 0 unspecified atom stereocenters. The van der Waals surface area contributed by atoms with Crippen LogP contribution in [0.2, 0.25) is 10.0 Å². The molecule has 1 amide bonds. The molecule has 0 bridgehead atoms. The molecular formula is C20H17Cl2N3OS. The minimum absolute atomic E-state index is 0.178. The first-order chi connectivity index (χ1) is 13.1. The Kier molecular flexibility index (Phi) is 5.43. The number of amidine groups is 1. The van der Waals surface area contributed by atoms with Crippen LogP contribution in [-0.2, 0) is 4.79 Å². The molecule has 0 saturated carbocycles. The van der Waals surface area contributed by atoms with Gasteiger partial charge in [0.1, 0.15) is 0 Å². The van der Waals surface area contributed by atoms with E-state index in [1.807, 2.05) is 48.5 Å². The molecule has 7 heteroatoms. The summed E-state index contributed by atoms with van der Waals surface area (Å²) in [6.07, 6.45) is 1.86. The zero-order valence-electron chi connectivity index (χ0n) is 14.4. The van der Waals surface area contributed by atoms with Crippen LogP contribution in [0, 0.1) is 0 Å². The fourth-order valence-corrected chi connectivity index (χ4v) is 4.35. The van der Waals surface area contributed by atoms with Crippen LogP contribution in [0.4, 0.5) is 5.69 Å². The Morgan fingerprint density at radius 1 is 0.926 bits per heavy atom. The van der Waals surface area contributed by atoms with Crippen LogP contribution in [0.25, 0.3) is 6.08 Å². The van der Waals surface area contributed by atoms with Crippen LogP contribution >= 0.6 is 35.0 Å². The van der Waals surface area contributed by atoms with Gasteiger partial charge in [-0.05, 0) is 53.7 Å². The smallest absolute Gasteiger partial charge is 0.286 e. The van der Waals surface area contributed by atoms with Crippen LogP contribution in [0.3, 0.4) is 0 Å². The van der Waals surface area contributed by atoms with Gasteiger partial charge in [-0.1, -0.05) is 41.4 Å². The van der Waals surface area contributed by atoms with Crippen molar-refractivity contribution >= 4 is 57.8 Å². The molecule has 1 fully saturated rings. The molecule has 0 aromatic heterocycles. The topological polar surface area (TPSA) is 35.9 Å². The fourth-order valence-electron chi connectivity index (χ4n) is 3.07. The summed E-state index contributed by atoms with van der Waals surface area (Å²) in [5.74, 6) is -0.178. The number of rotatable bonds is 2. The molecule has 138 valence electrons. The zero-order chi connectivity index (χ0) is 18.8. The van der Waals surface area contributed by atoms with E-state index in [2.05, 4.69) is 20.9 Å². The van der Waals surface area contributed by atoms with Crippen LogP contribution < -0.4 is 4.90 Å². The first-order valence-corrected chi connectivity index (χ1v) is 10.2. The molecule has 2 aliphatic heterocycles. The second kappa shape index (κ2) is 7.97. The van der Waals surface area contributed by atoms with Crippen molar-refractivity contribution in [2.45, 2.75) is 0 Å². The predicted octanol–water partition coefficient (Wildman–Crippen LogP) is 4.79. The highest BCUT2D eigenvalue weighted by Crippen LogP contribution is 2.31. The summed E-state index contributed by atoms with van der Waals surface area (Å²) < 4.78 is 0. The molecule has 2 aromatic rings. The highest BCUT2D eigenvalue weighted by atomic mass is 35.5. The third-order valence-electron chi connectivity index (χ3n) is 4.50. The lowest BCUT2D eigenvalue weighted by Gasteiger charge is -2.36. The van der Waals surface area contributed by atoms with Gasteiger partial charge in [-0.15, -0.1) is 0 Å². The Hall–Kier alpha value is -1.95. The Bertz CT molecular complexity index is 919. The second-order valence-corrected chi connectivity index (χ2v) is 8.20. The van der Waals surface area contributed by atoms with E-state index < -0.39 is 0 Å². The molecule has 1 saturated heterocycles. The number of nitrogens with zero attached hydrogens (tertiary/aromatic N) is 3. The van der Waals surface area contributed by atoms with Crippen LogP contribution in [-0.4, -0.2) is 42.2 Å². The number of anilines is 1. The Balaban J connectivity index is 1.40. The van der Waals surface area contributed by atoms with E-state index in [0.29, 0.717) is 9.93 Å². The van der Waals surface area contributed by atoms with Crippen molar-refractivity contribution in [3.63, 3.8) is 0 Å². The molecule has 2 aromatic carbocycles. The summed E-state index contributed by atoms with van der Waals surface area (Å²) in [4.78, 5) is 21.6. The van der Waals surface area contributed by atoms with Crippen molar-refractivity contribution in [2.75, 3.05) is 31.1 Å². The summed E-state index contributed by atoms with van der Waals surface area (Å²) >= 11 is 13.4. The predicted molar refractivity (Wildman–Crippen MR) is 115 cm³/mol. The van der Waals surface area contributed by atoms with Crippen molar-refractivity contribution in [3.8, 4) is 0 Å². The molecule has 0 atom stereocenters. The first kappa shape index (κ1) is 18.4. The molecule has 0 radical (unpaired) electrons. The summed E-state index contributed by atoms with van der Waals surface area (Å²) in [6.45, 7) is 3.37. The van der Waals surface area contributed by atoms with E-state index in [1.54, 1.807) is 0 Å². The Morgan fingerprint density at radius 3 is 2.33 bits per heavy atom. The number of hydrogen-bond acceptors (Lipinski definition) is 4. The monoisotopic (exact) mass is 417 g/mol. The van der Waals surface area contributed by atoms with Gasteiger partial charge < -0.3 is 9.80 Å². The van der Waals surface area contributed by atoms with Crippen LogP contribution in [0.5, 0.6) is 0 Å². The molecular weight excluding hydrogens is 401 g/mol. The number of amides is 1. The number of halogens is 2. The molecule has 0 N–H and O–H groups in total. The van der Waals surface area contributed by atoms with Gasteiger partial charge in [0.25, 0.3) is 5.91 Å². The van der Waals surface area contributed by atoms with Gasteiger partial charge in [0, 0.05) is 41.9 Å². The van der Waals surface area contributed by atoms with Crippen LogP contribution in [0.1, 0.15) is 5.56 Å². The summed E-state index contributed by atoms with van der Waals surface area (Å²) in [5.41, 5.74) is 2.07. The van der Waals surface area contributed by atoms with E-state index in [9.17, 15) is 4.79 Å². The van der Waals surface area contributed by atoms with E-state index >= 15 is 0 Å². The van der Waals surface area contributed by atoms with Crippen molar-refractivity contribution in [1.29, 1.82) is 0 Å². The highest BCUT2D eigenvalue weighted by molar-refractivity contribution is 8.18. The van der Waals surface area contributed by atoms with Gasteiger partial charge in [0.05, 0.1) is 4.91 Å². The van der Waals surface area contributed by atoms with Crippen molar-refractivity contribution in [1.82, 2.24) is 4.90 Å². The van der Waals surface area contributed by atoms with Gasteiger partial charge in [-0.2, -0.15) is 4.99 Å². The number of hydrogen-bond donors (Lipinski definition) is 0. The zero-order valence-corrected chi connectivity index (χ0v) is 16.8. The maximum Gasteiger partial charge on any atom is 0.286 e. The lowest BCUT2D eigenvalue weighted by molar-refractivity contribution is -0.113. The molecule has 2 aliphatic rings. The maximum absolute atomic E-state index is 12.3. The quantitative estimate of drug-likeness (QED) is 0.658. The molecule has 4 rings (SSSR count). The van der Waals surface area contributed by atoms with Gasteiger partial charge in [-0.25, -0.2) is 0 Å². The average molecular weight is 418 g/mol. The van der Waals surface area contributed by atoms with Gasteiger partial charge in [-0.3, -0.25) is 4.79 Å².